The third kappa shape index (κ3) is 4.85. The summed E-state index contributed by atoms with van der Waals surface area (Å²) in [4.78, 5) is 3.78. The van der Waals surface area contributed by atoms with E-state index in [1.165, 1.54) is 12.3 Å². The van der Waals surface area contributed by atoms with Gasteiger partial charge in [-0.15, -0.1) is 11.6 Å². The van der Waals surface area contributed by atoms with E-state index in [0.717, 1.165) is 0 Å². The van der Waals surface area contributed by atoms with Crippen molar-refractivity contribution in [2.45, 2.75) is 5.88 Å². The smallest absolute Gasteiger partial charge is 0.250 e. The van der Waals surface area contributed by atoms with Gasteiger partial charge in [-0.05, 0) is 6.07 Å². The standard InChI is InChI=1S/C11H15ClFNO3/c1-15-4-5-16-6-7-17-11-10(13)9(8-12)2-3-14-11/h2-3H,4-8H2,1H3. The first-order valence-corrected chi connectivity index (χ1v) is 5.72. The number of pyridine rings is 1. The second-order valence-corrected chi connectivity index (χ2v) is 3.44. The summed E-state index contributed by atoms with van der Waals surface area (Å²) in [5.41, 5.74) is 0.372. The largest absolute Gasteiger partial charge is 0.473 e. The number of rotatable bonds is 8. The SMILES string of the molecule is COCCOCCOc1nccc(CCl)c1F. The fourth-order valence-electron chi connectivity index (χ4n) is 1.11. The van der Waals surface area contributed by atoms with E-state index in [1.807, 2.05) is 0 Å². The molecular formula is C11H15ClFNO3. The molecule has 17 heavy (non-hydrogen) atoms. The minimum atomic E-state index is -0.514. The predicted molar refractivity (Wildman–Crippen MR) is 61.9 cm³/mol. The van der Waals surface area contributed by atoms with Gasteiger partial charge in [0.1, 0.15) is 6.61 Å². The molecule has 0 aliphatic rings. The Morgan fingerprint density at radius 1 is 1.29 bits per heavy atom. The molecule has 0 atom stereocenters. The van der Waals surface area contributed by atoms with E-state index in [4.69, 9.17) is 25.8 Å². The van der Waals surface area contributed by atoms with Crippen LogP contribution >= 0.6 is 11.6 Å². The third-order valence-corrected chi connectivity index (χ3v) is 2.27. The molecule has 1 heterocycles. The van der Waals surface area contributed by atoms with Gasteiger partial charge in [0, 0.05) is 18.9 Å². The Morgan fingerprint density at radius 3 is 2.76 bits per heavy atom. The van der Waals surface area contributed by atoms with Crippen LogP contribution in [-0.2, 0) is 15.4 Å². The van der Waals surface area contributed by atoms with Crippen LogP contribution in [0.15, 0.2) is 12.3 Å². The van der Waals surface area contributed by atoms with Gasteiger partial charge >= 0.3 is 0 Å². The van der Waals surface area contributed by atoms with Gasteiger partial charge in [-0.25, -0.2) is 9.37 Å². The molecule has 0 amide bonds. The van der Waals surface area contributed by atoms with Crippen LogP contribution < -0.4 is 4.74 Å². The highest BCUT2D eigenvalue weighted by atomic mass is 35.5. The van der Waals surface area contributed by atoms with E-state index in [1.54, 1.807) is 7.11 Å². The molecule has 0 aliphatic carbocycles. The van der Waals surface area contributed by atoms with E-state index in [-0.39, 0.29) is 18.4 Å². The number of hydrogen-bond donors (Lipinski definition) is 0. The van der Waals surface area contributed by atoms with E-state index in [2.05, 4.69) is 4.98 Å². The van der Waals surface area contributed by atoms with Crippen molar-refractivity contribution in [3.8, 4) is 5.88 Å². The van der Waals surface area contributed by atoms with Crippen LogP contribution in [0.1, 0.15) is 5.56 Å². The predicted octanol–water partition coefficient (Wildman–Crippen LogP) is 2.00. The van der Waals surface area contributed by atoms with Crippen molar-refractivity contribution in [1.82, 2.24) is 4.98 Å². The second kappa shape index (κ2) is 8.22. The highest BCUT2D eigenvalue weighted by molar-refractivity contribution is 6.17. The van der Waals surface area contributed by atoms with Crippen molar-refractivity contribution >= 4 is 11.6 Å². The average Bonchev–Trinajstić information content (AvgIpc) is 2.35. The molecule has 0 N–H and O–H groups in total. The fourth-order valence-corrected chi connectivity index (χ4v) is 1.31. The highest BCUT2D eigenvalue weighted by Crippen LogP contribution is 2.18. The Morgan fingerprint density at radius 2 is 2.06 bits per heavy atom. The minimum Gasteiger partial charge on any atom is -0.473 e. The molecule has 0 aliphatic heterocycles. The summed E-state index contributed by atoms with van der Waals surface area (Å²) in [6.45, 7) is 1.60. The normalized spacial score (nSPS) is 10.5. The monoisotopic (exact) mass is 263 g/mol. The first-order valence-electron chi connectivity index (χ1n) is 5.18. The van der Waals surface area contributed by atoms with Gasteiger partial charge < -0.3 is 14.2 Å². The Hall–Kier alpha value is -0.910. The molecule has 1 aromatic rings. The lowest BCUT2D eigenvalue weighted by atomic mass is 10.3. The number of halogens is 2. The number of aromatic nitrogens is 1. The van der Waals surface area contributed by atoms with Crippen molar-refractivity contribution in [3.63, 3.8) is 0 Å². The summed E-state index contributed by atoms with van der Waals surface area (Å²) in [6.07, 6.45) is 1.46. The molecule has 0 fully saturated rings. The van der Waals surface area contributed by atoms with Crippen molar-refractivity contribution in [2.24, 2.45) is 0 Å². The third-order valence-electron chi connectivity index (χ3n) is 1.98. The molecule has 0 radical (unpaired) electrons. The number of hydrogen-bond acceptors (Lipinski definition) is 4. The molecule has 0 bridgehead atoms. The van der Waals surface area contributed by atoms with Gasteiger partial charge in [0.25, 0.3) is 5.88 Å². The molecule has 96 valence electrons. The highest BCUT2D eigenvalue weighted by Gasteiger charge is 2.09. The van der Waals surface area contributed by atoms with E-state index >= 15 is 0 Å². The van der Waals surface area contributed by atoms with E-state index in [9.17, 15) is 4.39 Å². The van der Waals surface area contributed by atoms with Crippen LogP contribution in [0.25, 0.3) is 0 Å². The van der Waals surface area contributed by atoms with Gasteiger partial charge in [-0.2, -0.15) is 0 Å². The summed E-state index contributed by atoms with van der Waals surface area (Å²) in [5.74, 6) is -0.465. The maximum atomic E-state index is 13.6. The Balaban J connectivity index is 2.31. The number of methoxy groups -OCH3 is 1. The maximum Gasteiger partial charge on any atom is 0.250 e. The molecule has 0 unspecified atom stereocenters. The summed E-state index contributed by atoms with van der Waals surface area (Å²) in [7, 11) is 1.59. The Bertz CT molecular complexity index is 338. The molecule has 6 heteroatoms. The quantitative estimate of drug-likeness (QED) is 0.531. The zero-order chi connectivity index (χ0) is 12.5. The lowest BCUT2D eigenvalue weighted by molar-refractivity contribution is 0.0529. The van der Waals surface area contributed by atoms with Crippen molar-refractivity contribution < 1.29 is 18.6 Å². The molecule has 1 aromatic heterocycles. The second-order valence-electron chi connectivity index (χ2n) is 3.18. The average molecular weight is 264 g/mol. The zero-order valence-corrected chi connectivity index (χ0v) is 10.4. The topological polar surface area (TPSA) is 40.6 Å². The molecule has 0 saturated heterocycles. The van der Waals surface area contributed by atoms with Gasteiger partial charge in [-0.3, -0.25) is 0 Å². The molecule has 0 aromatic carbocycles. The molecule has 4 nitrogen and oxygen atoms in total. The van der Waals surface area contributed by atoms with Gasteiger partial charge in [0.15, 0.2) is 5.82 Å². The lowest BCUT2D eigenvalue weighted by Gasteiger charge is -2.08. The summed E-state index contributed by atoms with van der Waals surface area (Å²) < 4.78 is 28.7. The zero-order valence-electron chi connectivity index (χ0n) is 9.62. The molecule has 1 rings (SSSR count). The Kier molecular flexibility index (Phi) is 6.84. The van der Waals surface area contributed by atoms with Crippen LogP contribution in [0.3, 0.4) is 0 Å². The molecule has 0 spiro atoms. The molecule has 0 saturated carbocycles. The van der Waals surface area contributed by atoms with E-state index in [0.29, 0.717) is 25.4 Å². The van der Waals surface area contributed by atoms with Gasteiger partial charge in [0.2, 0.25) is 0 Å². The maximum absolute atomic E-state index is 13.6. The van der Waals surface area contributed by atoms with Crippen molar-refractivity contribution in [2.75, 3.05) is 33.5 Å². The lowest BCUT2D eigenvalue weighted by Crippen LogP contribution is -2.11. The number of ether oxygens (including phenoxy) is 3. The van der Waals surface area contributed by atoms with Crippen LogP contribution in [0.5, 0.6) is 5.88 Å². The van der Waals surface area contributed by atoms with Crippen LogP contribution in [0, 0.1) is 5.82 Å². The summed E-state index contributed by atoms with van der Waals surface area (Å²) >= 11 is 5.56. The number of nitrogens with zero attached hydrogens (tertiary/aromatic N) is 1. The molecular weight excluding hydrogens is 249 g/mol. The first-order chi connectivity index (χ1) is 8.29. The minimum absolute atomic E-state index is 0.0431. The van der Waals surface area contributed by atoms with Crippen molar-refractivity contribution in [1.29, 1.82) is 0 Å². The van der Waals surface area contributed by atoms with Gasteiger partial charge in [0.05, 0.1) is 25.7 Å². The van der Waals surface area contributed by atoms with Crippen LogP contribution in [0.2, 0.25) is 0 Å². The van der Waals surface area contributed by atoms with Crippen LogP contribution in [0.4, 0.5) is 4.39 Å². The summed E-state index contributed by atoms with van der Waals surface area (Å²) in [5, 5.41) is 0. The van der Waals surface area contributed by atoms with Crippen molar-refractivity contribution in [3.05, 3.63) is 23.6 Å². The van der Waals surface area contributed by atoms with Gasteiger partial charge in [-0.1, -0.05) is 0 Å². The Labute approximate surface area is 105 Å². The number of alkyl halides is 1. The first kappa shape index (κ1) is 14.2. The fraction of sp³-hybridized carbons (Fsp3) is 0.545. The van der Waals surface area contributed by atoms with E-state index < -0.39 is 5.82 Å². The van der Waals surface area contributed by atoms with Crippen LogP contribution in [-0.4, -0.2) is 38.5 Å². The summed E-state index contributed by atoms with van der Waals surface area (Å²) in [6, 6.07) is 1.52.